The van der Waals surface area contributed by atoms with Crippen LogP contribution in [0.2, 0.25) is 0 Å². The van der Waals surface area contributed by atoms with Gasteiger partial charge in [-0.1, -0.05) is 6.07 Å². The Bertz CT molecular complexity index is 422. The lowest BCUT2D eigenvalue weighted by Crippen LogP contribution is -2.46. The quantitative estimate of drug-likeness (QED) is 0.866. The highest BCUT2D eigenvalue weighted by Gasteiger charge is 2.25. The molecule has 5 nitrogen and oxygen atoms in total. The zero-order valence-corrected chi connectivity index (χ0v) is 10.5. The lowest BCUT2D eigenvalue weighted by atomic mass is 10.1. The number of aliphatic carboxylic acids is 1. The van der Waals surface area contributed by atoms with E-state index in [1.54, 1.807) is 0 Å². The molecule has 0 aliphatic carbocycles. The first kappa shape index (κ1) is 13.0. The highest BCUT2D eigenvalue weighted by Crippen LogP contribution is 2.14. The first-order valence-electron chi connectivity index (χ1n) is 6.11. The molecule has 0 spiro atoms. The van der Waals surface area contributed by atoms with Crippen LogP contribution in [-0.4, -0.2) is 46.8 Å². The van der Waals surface area contributed by atoms with Crippen molar-refractivity contribution in [2.45, 2.75) is 25.9 Å². The Labute approximate surface area is 106 Å². The van der Waals surface area contributed by atoms with Crippen LogP contribution in [0.1, 0.15) is 17.8 Å². The van der Waals surface area contributed by atoms with Gasteiger partial charge >= 0.3 is 5.97 Å². The first-order chi connectivity index (χ1) is 8.65. The monoisotopic (exact) mass is 250 g/mol. The highest BCUT2D eigenvalue weighted by atomic mass is 16.5. The van der Waals surface area contributed by atoms with E-state index in [-0.39, 0.29) is 12.5 Å². The third-order valence-electron chi connectivity index (χ3n) is 3.07. The molecular weight excluding hydrogens is 232 g/mol. The van der Waals surface area contributed by atoms with Gasteiger partial charge in [0.1, 0.15) is 0 Å². The van der Waals surface area contributed by atoms with Crippen molar-refractivity contribution in [2.24, 2.45) is 0 Å². The maximum Gasteiger partial charge on any atom is 0.305 e. The average molecular weight is 250 g/mol. The fourth-order valence-corrected chi connectivity index (χ4v) is 2.18. The molecule has 0 radical (unpaired) electrons. The zero-order chi connectivity index (χ0) is 13.0. The van der Waals surface area contributed by atoms with Crippen LogP contribution in [0.15, 0.2) is 18.2 Å². The van der Waals surface area contributed by atoms with Gasteiger partial charge in [-0.15, -0.1) is 0 Å². The third-order valence-corrected chi connectivity index (χ3v) is 3.07. The Morgan fingerprint density at radius 3 is 3.17 bits per heavy atom. The van der Waals surface area contributed by atoms with Gasteiger partial charge in [0.05, 0.1) is 25.3 Å². The van der Waals surface area contributed by atoms with Crippen LogP contribution in [0.4, 0.5) is 0 Å². The third kappa shape index (κ3) is 3.51. The van der Waals surface area contributed by atoms with E-state index in [9.17, 15) is 4.79 Å². The molecule has 1 aromatic rings. The van der Waals surface area contributed by atoms with Gasteiger partial charge in [-0.2, -0.15) is 0 Å². The molecule has 98 valence electrons. The lowest BCUT2D eigenvalue weighted by molar-refractivity contribution is -0.140. The molecule has 0 unspecified atom stereocenters. The lowest BCUT2D eigenvalue weighted by Gasteiger charge is -2.34. The van der Waals surface area contributed by atoms with E-state index in [1.165, 1.54) is 0 Å². The van der Waals surface area contributed by atoms with E-state index >= 15 is 0 Å². The summed E-state index contributed by atoms with van der Waals surface area (Å²) >= 11 is 0. The minimum atomic E-state index is -0.785. The Morgan fingerprint density at radius 2 is 2.44 bits per heavy atom. The van der Waals surface area contributed by atoms with Crippen molar-refractivity contribution in [3.8, 4) is 0 Å². The molecule has 1 atom stereocenters. The molecule has 5 heteroatoms. The average Bonchev–Trinajstić information content (AvgIpc) is 2.31. The highest BCUT2D eigenvalue weighted by molar-refractivity contribution is 5.67. The summed E-state index contributed by atoms with van der Waals surface area (Å²) in [7, 11) is 0. The maximum absolute atomic E-state index is 10.8. The van der Waals surface area contributed by atoms with Gasteiger partial charge in [0.15, 0.2) is 0 Å². The second kappa shape index (κ2) is 5.93. The van der Waals surface area contributed by atoms with Crippen molar-refractivity contribution in [2.75, 3.05) is 19.8 Å². The molecule has 1 aromatic heterocycles. The molecule has 2 rings (SSSR count). The Balaban J connectivity index is 2.03. The summed E-state index contributed by atoms with van der Waals surface area (Å²) < 4.78 is 5.35. The van der Waals surface area contributed by atoms with E-state index in [1.807, 2.05) is 25.1 Å². The minimum Gasteiger partial charge on any atom is -0.481 e. The number of pyridine rings is 1. The largest absolute Gasteiger partial charge is 0.481 e. The number of morpholine rings is 1. The number of aryl methyl sites for hydroxylation is 1. The number of carboxylic acid groups (broad SMARTS) is 1. The van der Waals surface area contributed by atoms with Crippen molar-refractivity contribution in [1.29, 1.82) is 0 Å². The molecule has 0 aromatic carbocycles. The summed E-state index contributed by atoms with van der Waals surface area (Å²) in [5.41, 5.74) is 1.96. The van der Waals surface area contributed by atoms with Gasteiger partial charge in [0, 0.05) is 24.8 Å². The summed E-state index contributed by atoms with van der Waals surface area (Å²) in [6.45, 7) is 4.54. The van der Waals surface area contributed by atoms with Gasteiger partial charge in [-0.05, 0) is 19.1 Å². The fourth-order valence-electron chi connectivity index (χ4n) is 2.18. The van der Waals surface area contributed by atoms with Crippen LogP contribution in [-0.2, 0) is 16.1 Å². The molecule has 1 aliphatic rings. The van der Waals surface area contributed by atoms with Crippen molar-refractivity contribution in [3.63, 3.8) is 0 Å². The summed E-state index contributed by atoms with van der Waals surface area (Å²) in [6, 6.07) is 5.85. The molecule has 0 saturated carbocycles. The smallest absolute Gasteiger partial charge is 0.305 e. The first-order valence-corrected chi connectivity index (χ1v) is 6.11. The second-order valence-electron chi connectivity index (χ2n) is 4.57. The summed E-state index contributed by atoms with van der Waals surface area (Å²) in [6.07, 6.45) is 0.117. The topological polar surface area (TPSA) is 62.7 Å². The predicted octanol–water partition coefficient (Wildman–Crippen LogP) is 1.07. The SMILES string of the molecule is Cc1cccc(CN2CCOC[C@H]2CC(=O)O)n1. The molecule has 1 saturated heterocycles. The Hall–Kier alpha value is -1.46. The van der Waals surface area contributed by atoms with Crippen LogP contribution in [0.25, 0.3) is 0 Å². The molecule has 1 fully saturated rings. The maximum atomic E-state index is 10.8. The van der Waals surface area contributed by atoms with E-state index in [2.05, 4.69) is 9.88 Å². The van der Waals surface area contributed by atoms with Gasteiger partial charge in [0.25, 0.3) is 0 Å². The molecule has 1 aliphatic heterocycles. The predicted molar refractivity (Wildman–Crippen MR) is 66.2 cm³/mol. The van der Waals surface area contributed by atoms with Crippen LogP contribution in [0.5, 0.6) is 0 Å². The number of aromatic nitrogens is 1. The van der Waals surface area contributed by atoms with Crippen molar-refractivity contribution >= 4 is 5.97 Å². The van der Waals surface area contributed by atoms with E-state index in [4.69, 9.17) is 9.84 Å². The standard InChI is InChI=1S/C13H18N2O3/c1-10-3-2-4-11(14-10)8-15-5-6-18-9-12(15)7-13(16)17/h2-4,12H,5-9H2,1H3,(H,16,17)/t12-/m1/s1. The van der Waals surface area contributed by atoms with E-state index in [0.717, 1.165) is 17.9 Å². The molecule has 1 N–H and O–H groups in total. The van der Waals surface area contributed by atoms with Crippen molar-refractivity contribution in [1.82, 2.24) is 9.88 Å². The van der Waals surface area contributed by atoms with Crippen LogP contribution in [0, 0.1) is 6.92 Å². The summed E-state index contributed by atoms with van der Waals surface area (Å²) in [5, 5.41) is 8.90. The number of rotatable bonds is 4. The molecule has 18 heavy (non-hydrogen) atoms. The van der Waals surface area contributed by atoms with Crippen LogP contribution < -0.4 is 0 Å². The molecule has 0 bridgehead atoms. The summed E-state index contributed by atoms with van der Waals surface area (Å²) in [5.74, 6) is -0.785. The van der Waals surface area contributed by atoms with Gasteiger partial charge in [-0.3, -0.25) is 14.7 Å². The Kier molecular flexibility index (Phi) is 4.28. The minimum absolute atomic E-state index is 0.0569. The number of ether oxygens (including phenoxy) is 1. The van der Waals surface area contributed by atoms with E-state index in [0.29, 0.717) is 19.8 Å². The molecular formula is C13H18N2O3. The molecule has 2 heterocycles. The fraction of sp³-hybridized carbons (Fsp3) is 0.538. The van der Waals surface area contributed by atoms with E-state index < -0.39 is 5.97 Å². The van der Waals surface area contributed by atoms with Crippen molar-refractivity contribution in [3.05, 3.63) is 29.6 Å². The van der Waals surface area contributed by atoms with Crippen LogP contribution >= 0.6 is 0 Å². The number of carbonyl (C=O) groups is 1. The number of carboxylic acids is 1. The molecule has 0 amide bonds. The van der Waals surface area contributed by atoms with Crippen LogP contribution in [0.3, 0.4) is 0 Å². The van der Waals surface area contributed by atoms with Gasteiger partial charge < -0.3 is 9.84 Å². The number of hydrogen-bond acceptors (Lipinski definition) is 4. The normalized spacial score (nSPS) is 20.8. The zero-order valence-electron chi connectivity index (χ0n) is 10.5. The van der Waals surface area contributed by atoms with Gasteiger partial charge in [-0.25, -0.2) is 0 Å². The van der Waals surface area contributed by atoms with Gasteiger partial charge in [0.2, 0.25) is 0 Å². The van der Waals surface area contributed by atoms with Crippen molar-refractivity contribution < 1.29 is 14.6 Å². The Morgan fingerprint density at radius 1 is 1.61 bits per heavy atom. The number of hydrogen-bond donors (Lipinski definition) is 1. The second-order valence-corrected chi connectivity index (χ2v) is 4.57. The number of nitrogens with zero attached hydrogens (tertiary/aromatic N) is 2. The summed E-state index contributed by atoms with van der Waals surface area (Å²) in [4.78, 5) is 17.4.